The number of hydrogen-bond donors (Lipinski definition) is 2. The van der Waals surface area contributed by atoms with Crippen molar-refractivity contribution in [1.82, 2.24) is 19.9 Å². The molecule has 21 heavy (non-hydrogen) atoms. The molecule has 0 radical (unpaired) electrons. The summed E-state index contributed by atoms with van der Waals surface area (Å²) in [6.07, 6.45) is 0. The van der Waals surface area contributed by atoms with E-state index in [1.54, 1.807) is 0 Å². The minimum atomic E-state index is 0.242. The van der Waals surface area contributed by atoms with Gasteiger partial charge in [0.25, 0.3) is 0 Å². The summed E-state index contributed by atoms with van der Waals surface area (Å²) in [5.74, 6) is 1.39. The molecule has 1 aliphatic heterocycles. The van der Waals surface area contributed by atoms with Crippen LogP contribution in [0.4, 0.5) is 17.8 Å². The highest BCUT2D eigenvalue weighted by molar-refractivity contribution is 5.42. The number of rotatable bonds is 6. The summed E-state index contributed by atoms with van der Waals surface area (Å²) in [5.41, 5.74) is 5.78. The van der Waals surface area contributed by atoms with Gasteiger partial charge in [0.15, 0.2) is 0 Å². The van der Waals surface area contributed by atoms with E-state index >= 15 is 0 Å². The quantitative estimate of drug-likeness (QED) is 0.760. The monoisotopic (exact) mass is 295 g/mol. The fourth-order valence-electron chi connectivity index (χ4n) is 1.97. The number of nitrogens with one attached hydrogen (secondary N) is 1. The van der Waals surface area contributed by atoms with E-state index in [9.17, 15) is 0 Å². The number of ether oxygens (including phenoxy) is 1. The predicted molar refractivity (Wildman–Crippen MR) is 83.5 cm³/mol. The second-order valence-corrected chi connectivity index (χ2v) is 5.42. The van der Waals surface area contributed by atoms with Crippen molar-refractivity contribution in [1.29, 1.82) is 0 Å². The molecule has 0 saturated carbocycles. The molecular weight excluding hydrogens is 270 g/mol. The minimum Gasteiger partial charge on any atom is -0.378 e. The number of morpholine rings is 1. The Hall–Kier alpha value is -1.67. The first kappa shape index (κ1) is 15.7. The molecule has 0 aliphatic carbocycles. The Morgan fingerprint density at radius 2 is 2.00 bits per heavy atom. The van der Waals surface area contributed by atoms with Crippen molar-refractivity contribution < 1.29 is 4.74 Å². The second kappa shape index (κ2) is 7.37. The van der Waals surface area contributed by atoms with Gasteiger partial charge in [-0.3, -0.25) is 0 Å². The Labute approximate surface area is 125 Å². The summed E-state index contributed by atoms with van der Waals surface area (Å²) in [5, 5.41) is 3.21. The molecule has 2 rings (SSSR count). The standard InChI is InChI=1S/C13H25N7O/c1-10(2)19(3)5-4-15-12-16-11(14)17-13(18-12)20-6-8-21-9-7-20/h10H,4-9H2,1-3H3,(H3,14,15,16,17,18). The Morgan fingerprint density at radius 1 is 1.29 bits per heavy atom. The van der Waals surface area contributed by atoms with Crippen LogP contribution in [0.1, 0.15) is 13.8 Å². The normalized spacial score (nSPS) is 15.8. The van der Waals surface area contributed by atoms with Gasteiger partial charge in [0.05, 0.1) is 13.2 Å². The summed E-state index contributed by atoms with van der Waals surface area (Å²) in [6.45, 7) is 8.94. The molecule has 1 aliphatic rings. The van der Waals surface area contributed by atoms with Crippen molar-refractivity contribution in [3.63, 3.8) is 0 Å². The Morgan fingerprint density at radius 3 is 2.67 bits per heavy atom. The fraction of sp³-hybridized carbons (Fsp3) is 0.769. The average molecular weight is 295 g/mol. The SMILES string of the molecule is CC(C)N(C)CCNc1nc(N)nc(N2CCOCC2)n1. The summed E-state index contributed by atoms with van der Waals surface area (Å²) in [7, 11) is 2.09. The summed E-state index contributed by atoms with van der Waals surface area (Å²) >= 11 is 0. The second-order valence-electron chi connectivity index (χ2n) is 5.42. The summed E-state index contributed by atoms with van der Waals surface area (Å²) in [6, 6.07) is 0.513. The third kappa shape index (κ3) is 4.68. The van der Waals surface area contributed by atoms with Crippen LogP contribution in [0.25, 0.3) is 0 Å². The molecule has 8 heteroatoms. The van der Waals surface area contributed by atoms with Crippen molar-refractivity contribution >= 4 is 17.8 Å². The van der Waals surface area contributed by atoms with E-state index in [1.807, 2.05) is 0 Å². The molecular formula is C13H25N7O. The molecule has 0 atom stereocenters. The van der Waals surface area contributed by atoms with Gasteiger partial charge in [-0.2, -0.15) is 15.0 Å². The van der Waals surface area contributed by atoms with E-state index < -0.39 is 0 Å². The highest BCUT2D eigenvalue weighted by atomic mass is 16.5. The van der Waals surface area contributed by atoms with Gasteiger partial charge in [-0.15, -0.1) is 0 Å². The van der Waals surface area contributed by atoms with Gasteiger partial charge in [-0.05, 0) is 20.9 Å². The Balaban J connectivity index is 1.95. The minimum absolute atomic E-state index is 0.242. The van der Waals surface area contributed by atoms with E-state index in [4.69, 9.17) is 10.5 Å². The van der Waals surface area contributed by atoms with Crippen molar-refractivity contribution in [2.24, 2.45) is 0 Å². The number of anilines is 3. The molecule has 1 fully saturated rings. The van der Waals surface area contributed by atoms with E-state index in [0.29, 0.717) is 31.2 Å². The highest BCUT2D eigenvalue weighted by Crippen LogP contribution is 2.13. The van der Waals surface area contributed by atoms with Gasteiger partial charge in [0.2, 0.25) is 17.8 Å². The molecule has 0 aromatic carbocycles. The average Bonchev–Trinajstić information content (AvgIpc) is 2.47. The summed E-state index contributed by atoms with van der Waals surface area (Å²) < 4.78 is 5.33. The topological polar surface area (TPSA) is 92.4 Å². The first-order chi connectivity index (χ1) is 10.1. The molecule has 2 heterocycles. The van der Waals surface area contributed by atoms with Crippen LogP contribution in [0, 0.1) is 0 Å². The number of aromatic nitrogens is 3. The van der Waals surface area contributed by atoms with Gasteiger partial charge in [0.1, 0.15) is 0 Å². The number of nitrogens with zero attached hydrogens (tertiary/aromatic N) is 5. The van der Waals surface area contributed by atoms with Crippen LogP contribution in [0.3, 0.4) is 0 Å². The van der Waals surface area contributed by atoms with Gasteiger partial charge >= 0.3 is 0 Å². The lowest BCUT2D eigenvalue weighted by molar-refractivity contribution is 0.122. The fourth-order valence-corrected chi connectivity index (χ4v) is 1.97. The predicted octanol–water partition coefficient (Wildman–Crippen LogP) is 0.0425. The molecule has 0 unspecified atom stereocenters. The van der Waals surface area contributed by atoms with Crippen molar-refractivity contribution in [2.45, 2.75) is 19.9 Å². The zero-order valence-corrected chi connectivity index (χ0v) is 13.0. The largest absolute Gasteiger partial charge is 0.378 e. The van der Waals surface area contributed by atoms with Gasteiger partial charge < -0.3 is 25.6 Å². The molecule has 0 bridgehead atoms. The van der Waals surface area contributed by atoms with E-state index in [0.717, 1.165) is 26.2 Å². The van der Waals surface area contributed by atoms with Gasteiger partial charge in [-0.1, -0.05) is 0 Å². The Bertz CT molecular complexity index is 448. The molecule has 8 nitrogen and oxygen atoms in total. The molecule has 0 spiro atoms. The lowest BCUT2D eigenvalue weighted by atomic mass is 10.3. The third-order valence-electron chi connectivity index (χ3n) is 3.56. The Kier molecular flexibility index (Phi) is 5.51. The zero-order valence-electron chi connectivity index (χ0n) is 13.0. The lowest BCUT2D eigenvalue weighted by Gasteiger charge is -2.27. The number of nitrogen functional groups attached to an aromatic ring is 1. The zero-order chi connectivity index (χ0) is 15.2. The van der Waals surface area contributed by atoms with Crippen LogP contribution in [-0.2, 0) is 4.74 Å². The van der Waals surface area contributed by atoms with Crippen molar-refractivity contribution in [2.75, 3.05) is 62.4 Å². The maximum Gasteiger partial charge on any atom is 0.232 e. The van der Waals surface area contributed by atoms with E-state index in [1.165, 1.54) is 0 Å². The number of hydrogen-bond acceptors (Lipinski definition) is 8. The molecule has 3 N–H and O–H groups in total. The van der Waals surface area contributed by atoms with Crippen LogP contribution < -0.4 is 16.0 Å². The van der Waals surface area contributed by atoms with Crippen LogP contribution in [-0.4, -0.2) is 72.3 Å². The summed E-state index contributed by atoms with van der Waals surface area (Å²) in [4.78, 5) is 17.1. The van der Waals surface area contributed by atoms with E-state index in [-0.39, 0.29) is 5.95 Å². The maximum atomic E-state index is 5.78. The van der Waals surface area contributed by atoms with Crippen LogP contribution in [0.15, 0.2) is 0 Å². The number of nitrogens with two attached hydrogens (primary N) is 1. The van der Waals surface area contributed by atoms with E-state index in [2.05, 4.69) is 51.0 Å². The third-order valence-corrected chi connectivity index (χ3v) is 3.56. The first-order valence-electron chi connectivity index (χ1n) is 7.34. The first-order valence-corrected chi connectivity index (χ1v) is 7.34. The van der Waals surface area contributed by atoms with Crippen molar-refractivity contribution in [3.8, 4) is 0 Å². The van der Waals surface area contributed by atoms with Crippen LogP contribution >= 0.6 is 0 Å². The highest BCUT2D eigenvalue weighted by Gasteiger charge is 2.15. The smallest absolute Gasteiger partial charge is 0.232 e. The molecule has 0 amide bonds. The molecule has 118 valence electrons. The van der Waals surface area contributed by atoms with Crippen LogP contribution in [0.2, 0.25) is 0 Å². The van der Waals surface area contributed by atoms with Crippen LogP contribution in [0.5, 0.6) is 0 Å². The maximum absolute atomic E-state index is 5.78. The van der Waals surface area contributed by atoms with Gasteiger partial charge in [-0.25, -0.2) is 0 Å². The molecule has 1 aromatic rings. The lowest BCUT2D eigenvalue weighted by Crippen LogP contribution is -2.37. The number of likely N-dealkylation sites (N-methyl/N-ethyl adjacent to an activating group) is 1. The van der Waals surface area contributed by atoms with Gasteiger partial charge in [0, 0.05) is 32.2 Å². The molecule has 1 aromatic heterocycles. The van der Waals surface area contributed by atoms with Crippen molar-refractivity contribution in [3.05, 3.63) is 0 Å². The molecule has 1 saturated heterocycles.